The summed E-state index contributed by atoms with van der Waals surface area (Å²) in [6.45, 7) is 1.86. The van der Waals surface area contributed by atoms with Crippen molar-refractivity contribution in [2.45, 2.75) is 44.1 Å². The van der Waals surface area contributed by atoms with Crippen molar-refractivity contribution in [1.82, 2.24) is 4.90 Å². The third-order valence-corrected chi connectivity index (χ3v) is 3.31. The van der Waals surface area contributed by atoms with Crippen molar-refractivity contribution in [2.24, 2.45) is 5.73 Å². The zero-order chi connectivity index (χ0) is 9.31. The largest absolute Gasteiger partial charge is 0.341 e. The van der Waals surface area contributed by atoms with E-state index in [1.807, 2.05) is 4.90 Å². The second-order valence-corrected chi connectivity index (χ2v) is 4.36. The van der Waals surface area contributed by atoms with E-state index in [4.69, 9.17) is 5.73 Å². The lowest BCUT2D eigenvalue weighted by Gasteiger charge is -2.28. The minimum atomic E-state index is -0.496. The molecule has 13 heavy (non-hydrogen) atoms. The molecular formula is C10H18N2O. The zero-order valence-electron chi connectivity index (χ0n) is 8.09. The molecule has 0 aromatic carbocycles. The lowest BCUT2D eigenvalue weighted by molar-refractivity contribution is -0.135. The Balaban J connectivity index is 2.02. The molecule has 2 rings (SSSR count). The van der Waals surface area contributed by atoms with Gasteiger partial charge in [-0.3, -0.25) is 4.79 Å². The molecule has 1 saturated carbocycles. The molecule has 0 aromatic rings. The first-order valence-electron chi connectivity index (χ1n) is 5.31. The standard InChI is InChI=1S/C10H18N2O/c11-10(5-1-2-6-10)9(13)12-7-3-4-8-12/h1-8,11H2. The average molecular weight is 182 g/mol. The predicted molar refractivity (Wildman–Crippen MR) is 51.2 cm³/mol. The van der Waals surface area contributed by atoms with Gasteiger partial charge < -0.3 is 10.6 Å². The Morgan fingerprint density at radius 3 is 2.15 bits per heavy atom. The van der Waals surface area contributed by atoms with Crippen LogP contribution in [-0.4, -0.2) is 29.4 Å². The predicted octanol–water partition coefficient (Wildman–Crippen LogP) is 0.880. The van der Waals surface area contributed by atoms with Gasteiger partial charge in [-0.15, -0.1) is 0 Å². The summed E-state index contributed by atoms with van der Waals surface area (Å²) in [6.07, 6.45) is 6.33. The maximum atomic E-state index is 12.0. The average Bonchev–Trinajstić information content (AvgIpc) is 2.73. The fraction of sp³-hybridized carbons (Fsp3) is 0.900. The van der Waals surface area contributed by atoms with Crippen molar-refractivity contribution in [1.29, 1.82) is 0 Å². The summed E-state index contributed by atoms with van der Waals surface area (Å²) in [5.74, 6) is 0.211. The molecule has 0 unspecified atom stereocenters. The first kappa shape index (κ1) is 9.00. The summed E-state index contributed by atoms with van der Waals surface area (Å²) in [4.78, 5) is 13.9. The van der Waals surface area contributed by atoms with E-state index >= 15 is 0 Å². The number of hydrogen-bond donors (Lipinski definition) is 1. The van der Waals surface area contributed by atoms with Crippen molar-refractivity contribution in [3.8, 4) is 0 Å². The van der Waals surface area contributed by atoms with Gasteiger partial charge in [0.1, 0.15) is 0 Å². The van der Waals surface area contributed by atoms with Crippen molar-refractivity contribution < 1.29 is 4.79 Å². The van der Waals surface area contributed by atoms with Crippen LogP contribution in [-0.2, 0) is 4.79 Å². The van der Waals surface area contributed by atoms with Gasteiger partial charge >= 0.3 is 0 Å². The summed E-state index contributed by atoms with van der Waals surface area (Å²) >= 11 is 0. The Hall–Kier alpha value is -0.570. The molecule has 2 N–H and O–H groups in total. The molecule has 1 amide bonds. The second kappa shape index (κ2) is 3.29. The van der Waals surface area contributed by atoms with Crippen LogP contribution >= 0.6 is 0 Å². The molecule has 3 heteroatoms. The summed E-state index contributed by atoms with van der Waals surface area (Å²) in [6, 6.07) is 0. The van der Waals surface area contributed by atoms with Crippen LogP contribution in [0.5, 0.6) is 0 Å². The van der Waals surface area contributed by atoms with Gasteiger partial charge in [-0.2, -0.15) is 0 Å². The van der Waals surface area contributed by atoms with Crippen LogP contribution in [0.1, 0.15) is 38.5 Å². The Morgan fingerprint density at radius 1 is 1.08 bits per heavy atom. The smallest absolute Gasteiger partial charge is 0.242 e. The number of carbonyl (C=O) groups is 1. The summed E-state index contributed by atoms with van der Waals surface area (Å²) in [5, 5.41) is 0. The van der Waals surface area contributed by atoms with E-state index in [2.05, 4.69) is 0 Å². The lowest BCUT2D eigenvalue weighted by Crippen LogP contribution is -2.52. The van der Waals surface area contributed by atoms with E-state index in [-0.39, 0.29) is 5.91 Å². The van der Waals surface area contributed by atoms with Crippen LogP contribution in [0.25, 0.3) is 0 Å². The molecule has 0 aromatic heterocycles. The second-order valence-electron chi connectivity index (χ2n) is 4.36. The highest BCUT2D eigenvalue weighted by molar-refractivity contribution is 5.86. The highest BCUT2D eigenvalue weighted by Gasteiger charge is 2.40. The molecule has 0 radical (unpaired) electrons. The van der Waals surface area contributed by atoms with Gasteiger partial charge in [0.05, 0.1) is 5.54 Å². The first-order valence-corrected chi connectivity index (χ1v) is 5.31. The highest BCUT2D eigenvalue weighted by atomic mass is 16.2. The topological polar surface area (TPSA) is 46.3 Å². The van der Waals surface area contributed by atoms with Crippen molar-refractivity contribution in [3.05, 3.63) is 0 Å². The minimum Gasteiger partial charge on any atom is -0.341 e. The van der Waals surface area contributed by atoms with Crippen molar-refractivity contribution in [3.63, 3.8) is 0 Å². The van der Waals surface area contributed by atoms with E-state index < -0.39 is 5.54 Å². The molecule has 3 nitrogen and oxygen atoms in total. The third-order valence-electron chi connectivity index (χ3n) is 3.31. The van der Waals surface area contributed by atoms with Gasteiger partial charge in [0.25, 0.3) is 0 Å². The molecule has 2 fully saturated rings. The number of nitrogens with zero attached hydrogens (tertiary/aromatic N) is 1. The van der Waals surface area contributed by atoms with Gasteiger partial charge in [-0.05, 0) is 25.7 Å². The molecule has 0 bridgehead atoms. The van der Waals surface area contributed by atoms with Crippen molar-refractivity contribution >= 4 is 5.91 Å². The summed E-state index contributed by atoms with van der Waals surface area (Å²) < 4.78 is 0. The highest BCUT2D eigenvalue weighted by Crippen LogP contribution is 2.29. The van der Waals surface area contributed by atoms with E-state index in [1.165, 1.54) is 0 Å². The van der Waals surface area contributed by atoms with Gasteiger partial charge in [0.15, 0.2) is 0 Å². The number of rotatable bonds is 1. The Bertz CT molecular complexity index is 203. The molecular weight excluding hydrogens is 164 g/mol. The van der Waals surface area contributed by atoms with E-state index in [1.54, 1.807) is 0 Å². The lowest BCUT2D eigenvalue weighted by atomic mass is 9.97. The third kappa shape index (κ3) is 1.57. The number of amides is 1. The molecule has 1 aliphatic heterocycles. The van der Waals surface area contributed by atoms with Crippen LogP contribution in [0.2, 0.25) is 0 Å². The normalized spacial score (nSPS) is 26.7. The monoisotopic (exact) mass is 182 g/mol. The van der Waals surface area contributed by atoms with Crippen LogP contribution < -0.4 is 5.73 Å². The zero-order valence-corrected chi connectivity index (χ0v) is 8.09. The molecule has 1 aliphatic carbocycles. The molecule has 1 heterocycles. The fourth-order valence-electron chi connectivity index (χ4n) is 2.45. The quantitative estimate of drug-likeness (QED) is 0.654. The van der Waals surface area contributed by atoms with Crippen molar-refractivity contribution in [2.75, 3.05) is 13.1 Å². The Morgan fingerprint density at radius 2 is 1.62 bits per heavy atom. The van der Waals surface area contributed by atoms with Gasteiger partial charge in [-0.25, -0.2) is 0 Å². The van der Waals surface area contributed by atoms with Gasteiger partial charge in [-0.1, -0.05) is 12.8 Å². The molecule has 0 spiro atoms. The number of carbonyl (C=O) groups excluding carboxylic acids is 1. The number of likely N-dealkylation sites (tertiary alicyclic amines) is 1. The van der Waals surface area contributed by atoms with Gasteiger partial charge in [0, 0.05) is 13.1 Å². The SMILES string of the molecule is NC1(C(=O)N2CCCC2)CCCC1. The van der Waals surface area contributed by atoms with Crippen LogP contribution in [0, 0.1) is 0 Å². The van der Waals surface area contributed by atoms with Crippen LogP contribution in [0.4, 0.5) is 0 Å². The van der Waals surface area contributed by atoms with Crippen LogP contribution in [0.3, 0.4) is 0 Å². The number of nitrogens with two attached hydrogens (primary N) is 1. The van der Waals surface area contributed by atoms with E-state index in [0.717, 1.165) is 51.6 Å². The molecule has 74 valence electrons. The van der Waals surface area contributed by atoms with Crippen LogP contribution in [0.15, 0.2) is 0 Å². The molecule has 0 atom stereocenters. The maximum absolute atomic E-state index is 12.0. The molecule has 2 aliphatic rings. The van der Waals surface area contributed by atoms with E-state index in [9.17, 15) is 4.79 Å². The molecule has 1 saturated heterocycles. The summed E-state index contributed by atoms with van der Waals surface area (Å²) in [5.41, 5.74) is 5.60. The fourth-order valence-corrected chi connectivity index (χ4v) is 2.45. The van der Waals surface area contributed by atoms with Gasteiger partial charge in [0.2, 0.25) is 5.91 Å². The summed E-state index contributed by atoms with van der Waals surface area (Å²) in [7, 11) is 0. The maximum Gasteiger partial charge on any atom is 0.242 e. The van der Waals surface area contributed by atoms with E-state index in [0.29, 0.717) is 0 Å². The first-order chi connectivity index (χ1) is 6.22. The minimum absolute atomic E-state index is 0.211. The Kier molecular flexibility index (Phi) is 2.28. The number of hydrogen-bond acceptors (Lipinski definition) is 2. The Labute approximate surface area is 79.3 Å².